The van der Waals surface area contributed by atoms with Gasteiger partial charge < -0.3 is 10.6 Å². The van der Waals surface area contributed by atoms with Crippen LogP contribution in [0.15, 0.2) is 70.5 Å². The molecule has 0 heterocycles. The van der Waals surface area contributed by atoms with Crippen LogP contribution < -0.4 is 10.6 Å². The Bertz CT molecular complexity index is 1030. The van der Waals surface area contributed by atoms with E-state index in [1.54, 1.807) is 55.6 Å². The van der Waals surface area contributed by atoms with Gasteiger partial charge in [-0.05, 0) is 29.7 Å². The van der Waals surface area contributed by atoms with Crippen molar-refractivity contribution in [2.24, 2.45) is 0 Å². The monoisotopic (exact) mass is 366 g/mol. The van der Waals surface area contributed by atoms with Crippen molar-refractivity contribution in [2.45, 2.75) is 9.79 Å². The highest BCUT2D eigenvalue weighted by Crippen LogP contribution is 2.29. The molecule has 0 saturated heterocycles. The van der Waals surface area contributed by atoms with Crippen LogP contribution in [0, 0.1) is 0 Å². The van der Waals surface area contributed by atoms with Gasteiger partial charge in [0.2, 0.25) is 0 Å². The third-order valence-electron chi connectivity index (χ3n) is 4.10. The fourth-order valence-corrected chi connectivity index (χ4v) is 4.27. The number of rotatable bonds is 4. The summed E-state index contributed by atoms with van der Waals surface area (Å²) in [6.45, 7) is 0. The maximum atomic E-state index is 13.4. The molecule has 2 N–H and O–H groups in total. The highest BCUT2D eigenvalue weighted by molar-refractivity contribution is 7.85. The van der Waals surface area contributed by atoms with Gasteiger partial charge in [-0.15, -0.1) is 0 Å². The lowest BCUT2D eigenvalue weighted by Gasteiger charge is -2.13. The van der Waals surface area contributed by atoms with Crippen molar-refractivity contribution in [3.8, 4) is 0 Å². The van der Waals surface area contributed by atoms with Gasteiger partial charge in [0.15, 0.2) is 0 Å². The van der Waals surface area contributed by atoms with Gasteiger partial charge in [-0.3, -0.25) is 9.59 Å². The fraction of sp³-hybridized carbons (Fsp3) is 0.100. The predicted molar refractivity (Wildman–Crippen MR) is 102 cm³/mol. The van der Waals surface area contributed by atoms with Crippen LogP contribution in [-0.4, -0.2) is 30.1 Å². The quantitative estimate of drug-likeness (QED) is 0.745. The molecule has 0 aliphatic carbocycles. The van der Waals surface area contributed by atoms with Crippen LogP contribution in [0.4, 0.5) is 0 Å². The van der Waals surface area contributed by atoms with Gasteiger partial charge in [-0.2, -0.15) is 0 Å². The minimum absolute atomic E-state index is 0.250. The largest absolute Gasteiger partial charge is 0.355 e. The molecule has 1 atom stereocenters. The second kappa shape index (κ2) is 7.49. The van der Waals surface area contributed by atoms with E-state index in [1.807, 2.05) is 12.1 Å². The van der Waals surface area contributed by atoms with Crippen LogP contribution in [-0.2, 0) is 10.8 Å². The third-order valence-corrected chi connectivity index (χ3v) is 5.59. The highest BCUT2D eigenvalue weighted by Gasteiger charge is 2.20. The summed E-state index contributed by atoms with van der Waals surface area (Å²) < 4.78 is 13.4. The van der Waals surface area contributed by atoms with Crippen molar-refractivity contribution in [3.05, 3.63) is 71.8 Å². The van der Waals surface area contributed by atoms with E-state index in [0.717, 1.165) is 5.39 Å². The lowest BCUT2D eigenvalue weighted by Crippen LogP contribution is -2.20. The third kappa shape index (κ3) is 3.11. The first-order chi connectivity index (χ1) is 12.6. The van der Waals surface area contributed by atoms with E-state index in [9.17, 15) is 13.8 Å². The maximum Gasteiger partial charge on any atom is 0.252 e. The van der Waals surface area contributed by atoms with Gasteiger partial charge >= 0.3 is 0 Å². The van der Waals surface area contributed by atoms with Gasteiger partial charge in [0.1, 0.15) is 0 Å². The predicted octanol–water partition coefficient (Wildman–Crippen LogP) is 2.73. The summed E-state index contributed by atoms with van der Waals surface area (Å²) in [5.41, 5.74) is 0.800. The van der Waals surface area contributed by atoms with Crippen molar-refractivity contribution >= 4 is 33.4 Å². The summed E-state index contributed by atoms with van der Waals surface area (Å²) in [5.74, 6) is -0.555. The molecule has 0 aliphatic rings. The Morgan fingerprint density at radius 1 is 0.731 bits per heavy atom. The van der Waals surface area contributed by atoms with Gasteiger partial charge in [0, 0.05) is 25.0 Å². The second-order valence-electron chi connectivity index (χ2n) is 5.58. The van der Waals surface area contributed by atoms with Gasteiger partial charge in [0.25, 0.3) is 11.8 Å². The SMILES string of the molecule is CNC(=O)c1ccccc1[S@](=O)c1cccc2cccc(C(=O)NC)c12. The number of hydrogen-bond acceptors (Lipinski definition) is 3. The van der Waals surface area contributed by atoms with E-state index in [-0.39, 0.29) is 11.8 Å². The Kier molecular flexibility index (Phi) is 5.14. The van der Waals surface area contributed by atoms with Crippen LogP contribution in [0.5, 0.6) is 0 Å². The van der Waals surface area contributed by atoms with Crippen LogP contribution in [0.2, 0.25) is 0 Å². The maximum absolute atomic E-state index is 13.4. The number of amides is 2. The number of fused-ring (bicyclic) bond motifs is 1. The summed E-state index contributed by atoms with van der Waals surface area (Å²) in [4.78, 5) is 25.3. The number of hydrogen-bond donors (Lipinski definition) is 2. The van der Waals surface area contributed by atoms with E-state index in [0.29, 0.717) is 26.3 Å². The molecule has 2 amide bonds. The normalized spacial score (nSPS) is 11.8. The van der Waals surface area contributed by atoms with Crippen LogP contribution in [0.25, 0.3) is 10.8 Å². The molecule has 0 bridgehead atoms. The van der Waals surface area contributed by atoms with Crippen LogP contribution >= 0.6 is 0 Å². The molecule has 0 spiro atoms. The van der Waals surface area contributed by atoms with Crippen molar-refractivity contribution in [1.29, 1.82) is 0 Å². The first-order valence-electron chi connectivity index (χ1n) is 8.05. The molecule has 132 valence electrons. The standard InChI is InChI=1S/C20H18N2O3S/c1-21-19(23)14-9-3-4-11-16(14)26(25)17-12-6-8-13-7-5-10-15(18(13)17)20(24)22-2/h3-12H,1-2H3,(H,21,23)(H,22,24)/t26-/m0/s1. The fourth-order valence-electron chi connectivity index (χ4n) is 2.85. The molecule has 26 heavy (non-hydrogen) atoms. The van der Waals surface area contributed by atoms with Gasteiger partial charge in [-0.1, -0.05) is 36.4 Å². The highest BCUT2D eigenvalue weighted by atomic mass is 32.2. The summed E-state index contributed by atoms with van der Waals surface area (Å²) in [6.07, 6.45) is 0. The smallest absolute Gasteiger partial charge is 0.252 e. The summed E-state index contributed by atoms with van der Waals surface area (Å²) in [5, 5.41) is 6.62. The molecule has 6 heteroatoms. The number of carbonyl (C=O) groups excluding carboxylic acids is 2. The van der Waals surface area contributed by atoms with Crippen LogP contribution in [0.3, 0.4) is 0 Å². The molecular weight excluding hydrogens is 348 g/mol. The molecule has 3 rings (SSSR count). The van der Waals surface area contributed by atoms with Gasteiger partial charge in [-0.25, -0.2) is 4.21 Å². The van der Waals surface area contributed by atoms with Crippen LogP contribution in [0.1, 0.15) is 20.7 Å². The zero-order valence-electron chi connectivity index (χ0n) is 14.4. The lowest BCUT2D eigenvalue weighted by atomic mass is 10.0. The number of nitrogens with one attached hydrogen (secondary N) is 2. The molecule has 0 fully saturated rings. The van der Waals surface area contributed by atoms with Crippen molar-refractivity contribution in [2.75, 3.05) is 14.1 Å². The summed E-state index contributed by atoms with van der Waals surface area (Å²) in [6, 6.07) is 17.5. The van der Waals surface area contributed by atoms with Crippen molar-refractivity contribution in [3.63, 3.8) is 0 Å². The minimum Gasteiger partial charge on any atom is -0.355 e. The average molecular weight is 366 g/mol. The Morgan fingerprint density at radius 2 is 1.27 bits per heavy atom. The molecule has 5 nitrogen and oxygen atoms in total. The Balaban J connectivity index is 2.26. The van der Waals surface area contributed by atoms with E-state index < -0.39 is 10.8 Å². The molecule has 3 aromatic rings. The lowest BCUT2D eigenvalue weighted by molar-refractivity contribution is 0.0954. The summed E-state index contributed by atoms with van der Waals surface area (Å²) >= 11 is 0. The average Bonchev–Trinajstić information content (AvgIpc) is 2.71. The Labute approximate surface area is 153 Å². The van der Waals surface area contributed by atoms with Gasteiger partial charge in [0.05, 0.1) is 26.2 Å². The molecular formula is C20H18N2O3S. The Hall–Kier alpha value is -2.99. The molecule has 0 aliphatic heterocycles. The molecule has 0 aromatic heterocycles. The minimum atomic E-state index is -1.62. The van der Waals surface area contributed by atoms with E-state index in [1.165, 1.54) is 7.05 Å². The second-order valence-corrected chi connectivity index (χ2v) is 7.00. The van der Waals surface area contributed by atoms with Crippen molar-refractivity contribution < 1.29 is 13.8 Å². The zero-order chi connectivity index (χ0) is 18.7. The zero-order valence-corrected chi connectivity index (χ0v) is 15.2. The number of benzene rings is 3. The topological polar surface area (TPSA) is 75.3 Å². The molecule has 3 aromatic carbocycles. The summed E-state index contributed by atoms with van der Waals surface area (Å²) in [7, 11) is 1.46. The van der Waals surface area contributed by atoms with E-state index in [4.69, 9.17) is 0 Å². The first kappa shape index (κ1) is 17.8. The Morgan fingerprint density at radius 3 is 1.96 bits per heavy atom. The number of carbonyl (C=O) groups is 2. The molecule has 0 radical (unpaired) electrons. The van der Waals surface area contributed by atoms with E-state index >= 15 is 0 Å². The van der Waals surface area contributed by atoms with Crippen molar-refractivity contribution in [1.82, 2.24) is 10.6 Å². The van der Waals surface area contributed by atoms with E-state index in [2.05, 4.69) is 10.6 Å². The molecule has 0 saturated carbocycles. The first-order valence-corrected chi connectivity index (χ1v) is 9.20. The molecule has 0 unspecified atom stereocenters.